The maximum Gasteiger partial charge on any atom is 0.270 e. The van der Waals surface area contributed by atoms with Crippen molar-refractivity contribution in [3.8, 4) is 0 Å². The smallest absolute Gasteiger partial charge is 0.270 e. The molecule has 1 fully saturated rings. The van der Waals surface area contributed by atoms with Gasteiger partial charge in [-0.2, -0.15) is 0 Å². The Balaban J connectivity index is 2.29. The Bertz CT molecular complexity index is 562. The Morgan fingerprint density at radius 1 is 1.41 bits per heavy atom. The van der Waals surface area contributed by atoms with Gasteiger partial charge in [0, 0.05) is 30.5 Å². The molecule has 0 radical (unpaired) electrons. The Hall–Kier alpha value is -1.62. The molecule has 1 aliphatic rings. The third kappa shape index (κ3) is 3.09. The monoisotopic (exact) mass is 306 g/mol. The molecule has 0 spiro atoms. The van der Waals surface area contributed by atoms with Crippen molar-refractivity contribution in [2.45, 2.75) is 58.9 Å². The van der Waals surface area contributed by atoms with Gasteiger partial charge in [0.25, 0.3) is 5.91 Å². The summed E-state index contributed by atoms with van der Waals surface area (Å²) in [7, 11) is 0. The first-order valence-corrected chi connectivity index (χ1v) is 8.15. The maximum absolute atomic E-state index is 12.9. The van der Waals surface area contributed by atoms with E-state index in [1.807, 2.05) is 18.7 Å². The van der Waals surface area contributed by atoms with Gasteiger partial charge in [0.1, 0.15) is 5.69 Å². The molecular formula is C17H26N2O3. The van der Waals surface area contributed by atoms with E-state index in [9.17, 15) is 9.59 Å². The molecule has 1 unspecified atom stereocenters. The number of rotatable bonds is 6. The minimum absolute atomic E-state index is 0.00269. The zero-order chi connectivity index (χ0) is 16.3. The predicted octanol–water partition coefficient (Wildman–Crippen LogP) is 2.47. The van der Waals surface area contributed by atoms with Crippen LogP contribution in [0.15, 0.2) is 0 Å². The molecule has 1 amide bonds. The fourth-order valence-electron chi connectivity index (χ4n) is 3.56. The number of amides is 1. The molecule has 1 aromatic heterocycles. The summed E-state index contributed by atoms with van der Waals surface area (Å²) >= 11 is 0. The third-order valence-corrected chi connectivity index (χ3v) is 4.54. The number of aromatic nitrogens is 1. The number of aromatic amines is 1. The van der Waals surface area contributed by atoms with Gasteiger partial charge in [0.15, 0.2) is 5.78 Å². The number of likely N-dealkylation sites (tertiary alicyclic amines) is 1. The summed E-state index contributed by atoms with van der Waals surface area (Å²) in [5.41, 5.74) is 2.85. The molecule has 1 aliphatic heterocycles. The summed E-state index contributed by atoms with van der Waals surface area (Å²) in [6, 6.07) is 0.203. The van der Waals surface area contributed by atoms with E-state index in [2.05, 4.69) is 4.98 Å². The quantitative estimate of drug-likeness (QED) is 0.793. The molecule has 0 saturated carbocycles. The summed E-state index contributed by atoms with van der Waals surface area (Å²) in [4.78, 5) is 29.8. The minimum Gasteiger partial charge on any atom is -0.396 e. The van der Waals surface area contributed by atoms with Gasteiger partial charge in [-0.25, -0.2) is 0 Å². The van der Waals surface area contributed by atoms with Crippen molar-refractivity contribution in [3.05, 3.63) is 22.5 Å². The topological polar surface area (TPSA) is 73.4 Å². The van der Waals surface area contributed by atoms with Crippen LogP contribution in [-0.4, -0.2) is 45.9 Å². The molecule has 0 aromatic carbocycles. The van der Waals surface area contributed by atoms with Gasteiger partial charge in [-0.15, -0.1) is 0 Å². The average Bonchev–Trinajstić information content (AvgIpc) is 3.07. The van der Waals surface area contributed by atoms with Crippen molar-refractivity contribution < 1.29 is 14.7 Å². The predicted molar refractivity (Wildman–Crippen MR) is 85.3 cm³/mol. The van der Waals surface area contributed by atoms with Crippen LogP contribution >= 0.6 is 0 Å². The van der Waals surface area contributed by atoms with E-state index in [1.54, 1.807) is 6.92 Å². The second-order valence-corrected chi connectivity index (χ2v) is 6.05. The lowest BCUT2D eigenvalue weighted by atomic mass is 10.0. The highest BCUT2D eigenvalue weighted by molar-refractivity contribution is 6.02. The van der Waals surface area contributed by atoms with Gasteiger partial charge in [0.05, 0.1) is 0 Å². The van der Waals surface area contributed by atoms with Gasteiger partial charge in [-0.05, 0) is 51.5 Å². The van der Waals surface area contributed by atoms with Crippen LogP contribution in [-0.2, 0) is 6.42 Å². The van der Waals surface area contributed by atoms with Crippen LogP contribution in [0.25, 0.3) is 0 Å². The van der Waals surface area contributed by atoms with Crippen LogP contribution in [0.5, 0.6) is 0 Å². The van der Waals surface area contributed by atoms with Gasteiger partial charge < -0.3 is 15.0 Å². The van der Waals surface area contributed by atoms with Crippen molar-refractivity contribution >= 4 is 11.7 Å². The fraction of sp³-hybridized carbons (Fsp3) is 0.647. The van der Waals surface area contributed by atoms with E-state index in [4.69, 9.17) is 5.11 Å². The fourth-order valence-corrected chi connectivity index (χ4v) is 3.56. The van der Waals surface area contributed by atoms with E-state index in [0.717, 1.165) is 43.5 Å². The first kappa shape index (κ1) is 16.7. The second kappa shape index (κ2) is 7.09. The standard InChI is InChI=1S/C17H26N2O3/c1-4-14-15(12(3)21)11(2)18-16(14)17(22)19-9-5-7-13(19)8-6-10-20/h13,18,20H,4-10H2,1-3H3. The van der Waals surface area contributed by atoms with Crippen LogP contribution in [0.4, 0.5) is 0 Å². The SMILES string of the molecule is CCc1c(C(=O)N2CCCC2CCCO)[nH]c(C)c1C(C)=O. The van der Waals surface area contributed by atoms with Crippen LogP contribution in [0.2, 0.25) is 0 Å². The Labute approximate surface area is 131 Å². The summed E-state index contributed by atoms with van der Waals surface area (Å²) in [5, 5.41) is 9.00. The van der Waals surface area contributed by atoms with Crippen molar-refractivity contribution in [1.82, 2.24) is 9.88 Å². The van der Waals surface area contributed by atoms with E-state index in [1.165, 1.54) is 0 Å². The van der Waals surface area contributed by atoms with Crippen molar-refractivity contribution in [2.24, 2.45) is 0 Å². The number of aliphatic hydroxyl groups is 1. The molecule has 122 valence electrons. The van der Waals surface area contributed by atoms with Crippen molar-refractivity contribution in [1.29, 1.82) is 0 Å². The normalized spacial score (nSPS) is 18.0. The molecule has 5 heteroatoms. The van der Waals surface area contributed by atoms with Crippen LogP contribution < -0.4 is 0 Å². The molecule has 0 aliphatic carbocycles. The van der Waals surface area contributed by atoms with Gasteiger partial charge in [-0.3, -0.25) is 9.59 Å². The van der Waals surface area contributed by atoms with Crippen LogP contribution in [0.3, 0.4) is 0 Å². The number of nitrogens with one attached hydrogen (secondary N) is 1. The number of carbonyl (C=O) groups excluding carboxylic acids is 2. The van der Waals surface area contributed by atoms with E-state index in [0.29, 0.717) is 17.7 Å². The number of H-pyrrole nitrogens is 1. The van der Waals surface area contributed by atoms with E-state index in [-0.39, 0.29) is 24.3 Å². The second-order valence-electron chi connectivity index (χ2n) is 6.05. The van der Waals surface area contributed by atoms with Crippen molar-refractivity contribution in [2.75, 3.05) is 13.2 Å². The molecule has 1 saturated heterocycles. The number of aliphatic hydroxyl groups excluding tert-OH is 1. The van der Waals surface area contributed by atoms with E-state index >= 15 is 0 Å². The lowest BCUT2D eigenvalue weighted by Gasteiger charge is -2.24. The summed E-state index contributed by atoms with van der Waals surface area (Å²) in [6.45, 7) is 6.28. The number of carbonyl (C=O) groups is 2. The molecule has 0 bridgehead atoms. The molecule has 5 nitrogen and oxygen atoms in total. The molecule has 22 heavy (non-hydrogen) atoms. The average molecular weight is 306 g/mol. The van der Waals surface area contributed by atoms with E-state index < -0.39 is 0 Å². The Morgan fingerprint density at radius 3 is 2.73 bits per heavy atom. The molecule has 2 N–H and O–H groups in total. The molecule has 1 aromatic rings. The highest BCUT2D eigenvalue weighted by Crippen LogP contribution is 2.27. The Morgan fingerprint density at radius 2 is 2.14 bits per heavy atom. The molecule has 1 atom stereocenters. The number of nitrogens with zero attached hydrogens (tertiary/aromatic N) is 1. The zero-order valence-electron chi connectivity index (χ0n) is 13.7. The number of aryl methyl sites for hydroxylation is 1. The van der Waals surface area contributed by atoms with Gasteiger partial charge in [0.2, 0.25) is 0 Å². The van der Waals surface area contributed by atoms with Crippen molar-refractivity contribution in [3.63, 3.8) is 0 Å². The number of ketones is 1. The summed E-state index contributed by atoms with van der Waals surface area (Å²) in [6.07, 6.45) is 4.21. The van der Waals surface area contributed by atoms with Gasteiger partial charge >= 0.3 is 0 Å². The highest BCUT2D eigenvalue weighted by atomic mass is 16.3. The molecule has 2 rings (SSSR count). The number of Topliss-reactive ketones (excluding diaryl/α,β-unsaturated/α-hetero) is 1. The summed E-state index contributed by atoms with van der Waals surface area (Å²) in [5.74, 6) is -0.00390. The first-order valence-electron chi connectivity index (χ1n) is 8.15. The van der Waals surface area contributed by atoms with Crippen LogP contribution in [0.1, 0.15) is 71.6 Å². The Kier molecular flexibility index (Phi) is 5.40. The first-order chi connectivity index (χ1) is 10.5. The lowest BCUT2D eigenvalue weighted by molar-refractivity contribution is 0.0718. The molecular weight excluding hydrogens is 280 g/mol. The van der Waals surface area contributed by atoms with Crippen LogP contribution in [0, 0.1) is 6.92 Å². The third-order valence-electron chi connectivity index (χ3n) is 4.54. The number of hydrogen-bond donors (Lipinski definition) is 2. The lowest BCUT2D eigenvalue weighted by Crippen LogP contribution is -2.36. The number of hydrogen-bond acceptors (Lipinski definition) is 3. The maximum atomic E-state index is 12.9. The minimum atomic E-state index is -0.00658. The highest BCUT2D eigenvalue weighted by Gasteiger charge is 2.32. The zero-order valence-corrected chi connectivity index (χ0v) is 13.7. The molecule has 2 heterocycles. The summed E-state index contributed by atoms with van der Waals surface area (Å²) < 4.78 is 0. The largest absolute Gasteiger partial charge is 0.396 e. The van der Waals surface area contributed by atoms with Gasteiger partial charge in [-0.1, -0.05) is 6.92 Å².